The van der Waals surface area contributed by atoms with Gasteiger partial charge in [-0.3, -0.25) is 4.79 Å². The maximum absolute atomic E-state index is 11.7. The van der Waals surface area contributed by atoms with E-state index in [0.29, 0.717) is 22.1 Å². The van der Waals surface area contributed by atoms with Gasteiger partial charge in [0.1, 0.15) is 5.75 Å². The molecule has 0 saturated carbocycles. The number of phenols is 1. The van der Waals surface area contributed by atoms with Crippen LogP contribution in [0.25, 0.3) is 0 Å². The molecule has 1 rings (SSSR count). The molecule has 3 nitrogen and oxygen atoms in total. The van der Waals surface area contributed by atoms with Crippen molar-refractivity contribution >= 4 is 51.1 Å². The molecular formula is C11H11I2NO2. The Balaban J connectivity index is 2.86. The minimum Gasteiger partial charge on any atom is -0.506 e. The molecule has 0 aliphatic carbocycles. The van der Waals surface area contributed by atoms with E-state index in [4.69, 9.17) is 0 Å². The van der Waals surface area contributed by atoms with Crippen molar-refractivity contribution in [3.05, 3.63) is 37.5 Å². The summed E-state index contributed by atoms with van der Waals surface area (Å²) in [6.07, 6.45) is 2.45. The molecule has 5 heteroatoms. The number of amides is 1. The van der Waals surface area contributed by atoms with Gasteiger partial charge in [-0.1, -0.05) is 6.08 Å². The van der Waals surface area contributed by atoms with E-state index in [1.807, 2.05) is 28.7 Å². The van der Waals surface area contributed by atoms with Crippen LogP contribution in [0.5, 0.6) is 5.75 Å². The molecule has 16 heavy (non-hydrogen) atoms. The number of hydrogen-bond donors (Lipinski definition) is 2. The number of nitrogens with one attached hydrogen (secondary N) is 1. The van der Waals surface area contributed by atoms with Gasteiger partial charge >= 0.3 is 0 Å². The number of aromatic hydroxyl groups is 1. The first-order chi connectivity index (χ1) is 7.56. The van der Waals surface area contributed by atoms with Crippen LogP contribution in [0, 0.1) is 7.14 Å². The van der Waals surface area contributed by atoms with E-state index >= 15 is 0 Å². The van der Waals surface area contributed by atoms with Crippen LogP contribution in [0.4, 0.5) is 0 Å². The number of phenolic OH excluding ortho intramolecular Hbond substituents is 1. The molecule has 86 valence electrons. The zero-order valence-corrected chi connectivity index (χ0v) is 12.8. The van der Waals surface area contributed by atoms with Gasteiger partial charge in [0.2, 0.25) is 0 Å². The quantitative estimate of drug-likeness (QED) is 0.428. The van der Waals surface area contributed by atoms with Crippen molar-refractivity contribution in [1.29, 1.82) is 0 Å². The topological polar surface area (TPSA) is 49.3 Å². The molecule has 0 aliphatic heterocycles. The Morgan fingerprint density at radius 1 is 1.50 bits per heavy atom. The molecule has 1 aromatic rings. The Kier molecular flexibility index (Phi) is 5.53. The van der Waals surface area contributed by atoms with Crippen LogP contribution in [-0.2, 0) is 0 Å². The van der Waals surface area contributed by atoms with Crippen LogP contribution in [0.1, 0.15) is 16.8 Å². The zero-order chi connectivity index (χ0) is 12.1. The van der Waals surface area contributed by atoms with E-state index < -0.39 is 0 Å². The number of rotatable bonds is 4. The summed E-state index contributed by atoms with van der Waals surface area (Å²) in [7, 11) is 0. The molecule has 0 fully saturated rings. The summed E-state index contributed by atoms with van der Waals surface area (Å²) in [5.41, 5.74) is 0.320. The molecule has 2 N–H and O–H groups in total. The van der Waals surface area contributed by atoms with E-state index in [1.165, 1.54) is 0 Å². The highest BCUT2D eigenvalue weighted by atomic mass is 127. The van der Waals surface area contributed by atoms with Crippen LogP contribution in [0.2, 0.25) is 0 Å². The number of hydrogen-bond acceptors (Lipinski definition) is 2. The van der Waals surface area contributed by atoms with E-state index in [-0.39, 0.29) is 11.7 Å². The molecular weight excluding hydrogens is 432 g/mol. The molecule has 1 amide bonds. The third-order valence-electron chi connectivity index (χ3n) is 1.91. The van der Waals surface area contributed by atoms with Crippen LogP contribution in [0.3, 0.4) is 0 Å². The molecule has 0 spiro atoms. The van der Waals surface area contributed by atoms with Crippen molar-refractivity contribution in [1.82, 2.24) is 5.32 Å². The van der Waals surface area contributed by atoms with Crippen molar-refractivity contribution in [2.45, 2.75) is 6.42 Å². The summed E-state index contributed by atoms with van der Waals surface area (Å²) in [6.45, 7) is 4.10. The molecule has 0 aromatic heterocycles. The third-order valence-corrected chi connectivity index (χ3v) is 3.35. The highest BCUT2D eigenvalue weighted by molar-refractivity contribution is 14.1. The van der Waals surface area contributed by atoms with Crippen molar-refractivity contribution < 1.29 is 9.90 Å². The number of benzene rings is 1. The Labute approximate surface area is 122 Å². The van der Waals surface area contributed by atoms with Crippen LogP contribution >= 0.6 is 45.2 Å². The summed E-state index contributed by atoms with van der Waals surface area (Å²) >= 11 is 4.12. The number of carbonyl (C=O) groups excluding carboxylic acids is 1. The lowest BCUT2D eigenvalue weighted by Gasteiger charge is -2.07. The number of carbonyl (C=O) groups is 1. The van der Waals surface area contributed by atoms with Crippen molar-refractivity contribution in [2.24, 2.45) is 0 Å². The summed E-state index contributed by atoms with van der Waals surface area (Å²) in [5, 5.41) is 12.5. The van der Waals surface area contributed by atoms with Gasteiger partial charge in [-0.2, -0.15) is 0 Å². The second kappa shape index (κ2) is 6.43. The largest absolute Gasteiger partial charge is 0.506 e. The van der Waals surface area contributed by atoms with E-state index in [2.05, 4.69) is 34.5 Å². The molecule has 0 saturated heterocycles. The normalized spacial score (nSPS) is 9.88. The Morgan fingerprint density at radius 2 is 2.19 bits per heavy atom. The highest BCUT2D eigenvalue weighted by Crippen LogP contribution is 2.26. The van der Waals surface area contributed by atoms with Gasteiger partial charge in [0, 0.05) is 10.1 Å². The minimum absolute atomic E-state index is 0.0390. The Morgan fingerprint density at radius 3 is 2.81 bits per heavy atom. The van der Waals surface area contributed by atoms with E-state index in [1.54, 1.807) is 12.1 Å². The van der Waals surface area contributed by atoms with Gasteiger partial charge in [0.15, 0.2) is 0 Å². The van der Waals surface area contributed by atoms with Gasteiger partial charge in [-0.15, -0.1) is 6.58 Å². The molecule has 0 aliphatic rings. The third kappa shape index (κ3) is 3.62. The molecule has 0 unspecified atom stereocenters. The van der Waals surface area contributed by atoms with Gasteiger partial charge in [-0.25, -0.2) is 0 Å². The van der Waals surface area contributed by atoms with Gasteiger partial charge in [-0.05, 0) is 63.7 Å². The average molecular weight is 443 g/mol. The van der Waals surface area contributed by atoms with Gasteiger partial charge in [0.05, 0.1) is 9.13 Å². The predicted molar refractivity (Wildman–Crippen MR) is 80.7 cm³/mol. The van der Waals surface area contributed by atoms with Gasteiger partial charge in [0.25, 0.3) is 5.91 Å². The molecule has 0 atom stereocenters. The standard InChI is InChI=1S/C11H11I2NO2/c1-2-3-4-14-11(16)8-5-7(12)6-9(13)10(8)15/h2,5-6,15H,1,3-4H2,(H,14,16). The first-order valence-electron chi connectivity index (χ1n) is 4.63. The van der Waals surface area contributed by atoms with Crippen LogP contribution in [-0.4, -0.2) is 17.6 Å². The van der Waals surface area contributed by atoms with Gasteiger partial charge < -0.3 is 10.4 Å². The molecule has 0 bridgehead atoms. The molecule has 0 heterocycles. The lowest BCUT2D eigenvalue weighted by atomic mass is 10.2. The monoisotopic (exact) mass is 443 g/mol. The van der Waals surface area contributed by atoms with E-state index in [0.717, 1.165) is 3.57 Å². The lowest BCUT2D eigenvalue weighted by molar-refractivity contribution is 0.0951. The summed E-state index contributed by atoms with van der Waals surface area (Å²) in [4.78, 5) is 11.7. The molecule has 0 radical (unpaired) electrons. The Bertz CT molecular complexity index is 419. The first-order valence-corrected chi connectivity index (χ1v) is 6.79. The fraction of sp³-hybridized carbons (Fsp3) is 0.182. The fourth-order valence-corrected chi connectivity index (χ4v) is 2.97. The van der Waals surface area contributed by atoms with Crippen LogP contribution in [0.15, 0.2) is 24.8 Å². The van der Waals surface area contributed by atoms with E-state index in [9.17, 15) is 9.90 Å². The fourth-order valence-electron chi connectivity index (χ4n) is 1.12. The predicted octanol–water partition coefficient (Wildman–Crippen LogP) is 2.91. The zero-order valence-electron chi connectivity index (χ0n) is 8.46. The average Bonchev–Trinajstić information content (AvgIpc) is 2.23. The maximum atomic E-state index is 11.7. The summed E-state index contributed by atoms with van der Waals surface area (Å²) in [5.74, 6) is -0.215. The second-order valence-corrected chi connectivity index (χ2v) is 5.52. The number of halogens is 2. The van der Waals surface area contributed by atoms with Crippen molar-refractivity contribution in [3.63, 3.8) is 0 Å². The smallest absolute Gasteiger partial charge is 0.255 e. The second-order valence-electron chi connectivity index (χ2n) is 3.12. The first kappa shape index (κ1) is 13.8. The van der Waals surface area contributed by atoms with Crippen LogP contribution < -0.4 is 5.32 Å². The SMILES string of the molecule is C=CCCNC(=O)c1cc(I)cc(I)c1O. The summed E-state index contributed by atoms with van der Waals surface area (Å²) < 4.78 is 1.60. The van der Waals surface area contributed by atoms with Crippen molar-refractivity contribution in [2.75, 3.05) is 6.54 Å². The maximum Gasteiger partial charge on any atom is 0.255 e. The minimum atomic E-state index is -0.254. The van der Waals surface area contributed by atoms with Crippen molar-refractivity contribution in [3.8, 4) is 5.75 Å². The lowest BCUT2D eigenvalue weighted by Crippen LogP contribution is -2.24. The summed E-state index contributed by atoms with van der Waals surface area (Å²) in [6, 6.07) is 3.48. The highest BCUT2D eigenvalue weighted by Gasteiger charge is 2.13. The molecule has 1 aromatic carbocycles. The Hall–Kier alpha value is -0.310.